The Bertz CT molecular complexity index is 608. The van der Waals surface area contributed by atoms with Crippen molar-refractivity contribution in [2.24, 2.45) is 5.92 Å². The fourth-order valence-corrected chi connectivity index (χ4v) is 2.25. The monoisotopic (exact) mass is 309 g/mol. The fourth-order valence-electron chi connectivity index (χ4n) is 2.11. The van der Waals surface area contributed by atoms with E-state index in [9.17, 15) is 4.39 Å². The topological polar surface area (TPSA) is 29.9 Å². The van der Waals surface area contributed by atoms with Crippen molar-refractivity contribution in [2.75, 3.05) is 6.54 Å². The lowest BCUT2D eigenvalue weighted by molar-refractivity contribution is 0.549. The highest BCUT2D eigenvalue weighted by molar-refractivity contribution is 6.31. The van der Waals surface area contributed by atoms with Crippen LogP contribution in [0.4, 0.5) is 4.39 Å². The summed E-state index contributed by atoms with van der Waals surface area (Å²) < 4.78 is 15.7. The van der Waals surface area contributed by atoms with E-state index >= 15 is 0 Å². The van der Waals surface area contributed by atoms with Crippen LogP contribution in [0.2, 0.25) is 5.02 Å². The first kappa shape index (κ1) is 16.0. The maximum Gasteiger partial charge on any atom is 0.128 e. The molecule has 0 unspecified atom stereocenters. The molecule has 1 heterocycles. The van der Waals surface area contributed by atoms with Gasteiger partial charge >= 0.3 is 0 Å². The number of hydrogen-bond donors (Lipinski definition) is 1. The van der Waals surface area contributed by atoms with Crippen LogP contribution in [0, 0.1) is 18.7 Å². The number of rotatable bonds is 6. The molecule has 0 atom stereocenters. The normalized spacial score (nSPS) is 11.3. The third-order valence-electron chi connectivity index (χ3n) is 3.36. The Morgan fingerprint density at radius 1 is 1.38 bits per heavy atom. The Morgan fingerprint density at radius 2 is 2.14 bits per heavy atom. The number of hydrogen-bond acceptors (Lipinski definition) is 2. The first-order chi connectivity index (χ1) is 9.97. The zero-order valence-electron chi connectivity index (χ0n) is 12.7. The van der Waals surface area contributed by atoms with Gasteiger partial charge in [0.15, 0.2) is 0 Å². The first-order valence-corrected chi connectivity index (χ1v) is 7.51. The number of halogens is 2. The Hall–Kier alpha value is -1.39. The van der Waals surface area contributed by atoms with E-state index in [2.05, 4.69) is 24.3 Å². The van der Waals surface area contributed by atoms with Crippen molar-refractivity contribution < 1.29 is 4.39 Å². The van der Waals surface area contributed by atoms with Crippen LogP contribution in [0.5, 0.6) is 0 Å². The van der Waals surface area contributed by atoms with Gasteiger partial charge in [-0.05, 0) is 37.1 Å². The highest BCUT2D eigenvalue weighted by Gasteiger charge is 2.09. The van der Waals surface area contributed by atoms with Gasteiger partial charge in [-0.2, -0.15) is 5.10 Å². The van der Waals surface area contributed by atoms with Gasteiger partial charge in [-0.1, -0.05) is 31.5 Å². The summed E-state index contributed by atoms with van der Waals surface area (Å²) in [7, 11) is 0. The summed E-state index contributed by atoms with van der Waals surface area (Å²) in [5, 5.41) is 8.13. The Kier molecular flexibility index (Phi) is 5.37. The predicted molar refractivity (Wildman–Crippen MR) is 84.0 cm³/mol. The van der Waals surface area contributed by atoms with Gasteiger partial charge in [0.2, 0.25) is 0 Å². The van der Waals surface area contributed by atoms with Crippen LogP contribution in [0.1, 0.15) is 30.7 Å². The maximum absolute atomic E-state index is 13.9. The van der Waals surface area contributed by atoms with Crippen molar-refractivity contribution in [1.82, 2.24) is 15.1 Å². The van der Waals surface area contributed by atoms with Gasteiger partial charge in [-0.15, -0.1) is 0 Å². The molecule has 1 aromatic heterocycles. The van der Waals surface area contributed by atoms with Crippen LogP contribution in [-0.2, 0) is 13.1 Å². The average Bonchev–Trinajstić information content (AvgIpc) is 2.74. The van der Waals surface area contributed by atoms with E-state index in [0.717, 1.165) is 24.3 Å². The molecule has 0 fully saturated rings. The van der Waals surface area contributed by atoms with E-state index in [1.807, 2.05) is 19.1 Å². The van der Waals surface area contributed by atoms with Crippen molar-refractivity contribution >= 4 is 11.6 Å². The second-order valence-corrected chi connectivity index (χ2v) is 6.09. The molecular formula is C16H21ClFN3. The molecule has 21 heavy (non-hydrogen) atoms. The van der Waals surface area contributed by atoms with E-state index in [0.29, 0.717) is 23.0 Å². The molecule has 5 heteroatoms. The molecule has 0 bridgehead atoms. The van der Waals surface area contributed by atoms with E-state index in [4.69, 9.17) is 11.6 Å². The highest BCUT2D eigenvalue weighted by atomic mass is 35.5. The molecule has 0 saturated heterocycles. The van der Waals surface area contributed by atoms with Crippen LogP contribution in [0.15, 0.2) is 24.4 Å². The summed E-state index contributed by atoms with van der Waals surface area (Å²) in [6.07, 6.45) is 1.59. The maximum atomic E-state index is 13.9. The Labute approximate surface area is 130 Å². The van der Waals surface area contributed by atoms with Crippen molar-refractivity contribution in [1.29, 1.82) is 0 Å². The summed E-state index contributed by atoms with van der Waals surface area (Å²) in [5.41, 5.74) is 2.55. The Morgan fingerprint density at radius 3 is 2.76 bits per heavy atom. The summed E-state index contributed by atoms with van der Waals surface area (Å²) >= 11 is 5.98. The van der Waals surface area contributed by atoms with Crippen LogP contribution < -0.4 is 5.32 Å². The number of benzene rings is 1. The summed E-state index contributed by atoms with van der Waals surface area (Å²) in [6.45, 7) is 8.27. The number of nitrogens with one attached hydrogen (secondary N) is 1. The molecule has 2 aromatic rings. The summed E-state index contributed by atoms with van der Waals surface area (Å²) in [5.74, 6) is 0.382. The number of aromatic nitrogens is 2. The predicted octanol–water partition coefficient (Wildman–Crippen LogP) is 3.78. The van der Waals surface area contributed by atoms with Crippen LogP contribution in [-0.4, -0.2) is 16.3 Å². The average molecular weight is 310 g/mol. The molecule has 0 aliphatic carbocycles. The van der Waals surface area contributed by atoms with E-state index < -0.39 is 0 Å². The van der Waals surface area contributed by atoms with E-state index in [1.54, 1.807) is 10.9 Å². The lowest BCUT2D eigenvalue weighted by atomic mass is 10.1. The minimum absolute atomic E-state index is 0.214. The van der Waals surface area contributed by atoms with Crippen molar-refractivity contribution in [3.05, 3.63) is 52.1 Å². The van der Waals surface area contributed by atoms with Gasteiger partial charge in [-0.3, -0.25) is 4.68 Å². The van der Waals surface area contributed by atoms with Gasteiger partial charge in [0, 0.05) is 12.1 Å². The summed E-state index contributed by atoms with van der Waals surface area (Å²) in [4.78, 5) is 0. The van der Waals surface area contributed by atoms with Gasteiger partial charge in [0.05, 0.1) is 23.5 Å². The molecular weight excluding hydrogens is 289 g/mol. The third kappa shape index (κ3) is 4.29. The van der Waals surface area contributed by atoms with Crippen molar-refractivity contribution in [3.8, 4) is 0 Å². The zero-order chi connectivity index (χ0) is 15.4. The van der Waals surface area contributed by atoms with Crippen LogP contribution in [0.3, 0.4) is 0 Å². The van der Waals surface area contributed by atoms with Crippen LogP contribution in [0.25, 0.3) is 0 Å². The van der Waals surface area contributed by atoms with Gasteiger partial charge in [-0.25, -0.2) is 4.39 Å². The molecule has 1 aromatic carbocycles. The molecule has 3 nitrogen and oxygen atoms in total. The highest BCUT2D eigenvalue weighted by Crippen LogP contribution is 2.17. The second-order valence-electron chi connectivity index (χ2n) is 5.69. The lowest BCUT2D eigenvalue weighted by Crippen LogP contribution is -2.19. The largest absolute Gasteiger partial charge is 0.312 e. The standard InChI is InChI=1S/C16H21ClFN3/c1-11(2)7-19-8-13-4-5-16(18)14(6-13)10-21-12(3)15(17)9-20-21/h4-6,9,11,19H,7-8,10H2,1-3H3. The first-order valence-electron chi connectivity index (χ1n) is 7.13. The van der Waals surface area contributed by atoms with E-state index in [-0.39, 0.29) is 5.82 Å². The van der Waals surface area contributed by atoms with Crippen molar-refractivity contribution in [3.63, 3.8) is 0 Å². The van der Waals surface area contributed by atoms with Gasteiger partial charge in [0.25, 0.3) is 0 Å². The quantitative estimate of drug-likeness (QED) is 0.880. The molecule has 0 saturated carbocycles. The molecule has 114 valence electrons. The fraction of sp³-hybridized carbons (Fsp3) is 0.438. The molecule has 0 amide bonds. The SMILES string of the molecule is Cc1c(Cl)cnn1Cc1cc(CNCC(C)C)ccc1F. The molecule has 0 spiro atoms. The Balaban J connectivity index is 2.10. The molecule has 0 aliphatic heterocycles. The lowest BCUT2D eigenvalue weighted by Gasteiger charge is -2.10. The van der Waals surface area contributed by atoms with Gasteiger partial charge in [0.1, 0.15) is 5.82 Å². The second kappa shape index (κ2) is 7.05. The summed E-state index contributed by atoms with van der Waals surface area (Å²) in [6, 6.07) is 5.22. The minimum Gasteiger partial charge on any atom is -0.312 e. The van der Waals surface area contributed by atoms with Crippen molar-refractivity contribution in [2.45, 2.75) is 33.9 Å². The van der Waals surface area contributed by atoms with E-state index in [1.165, 1.54) is 6.07 Å². The van der Waals surface area contributed by atoms with Gasteiger partial charge < -0.3 is 5.32 Å². The van der Waals surface area contributed by atoms with Crippen LogP contribution >= 0.6 is 11.6 Å². The minimum atomic E-state index is -0.214. The molecule has 0 aliphatic rings. The molecule has 0 radical (unpaired) electrons. The molecule has 1 N–H and O–H groups in total. The molecule has 2 rings (SSSR count). The smallest absolute Gasteiger partial charge is 0.128 e. The third-order valence-corrected chi connectivity index (χ3v) is 3.73. The number of nitrogens with zero attached hydrogens (tertiary/aromatic N) is 2. The zero-order valence-corrected chi connectivity index (χ0v) is 13.4.